The van der Waals surface area contributed by atoms with Gasteiger partial charge < -0.3 is 20.7 Å². The molecule has 0 aliphatic carbocycles. The second-order valence-electron chi connectivity index (χ2n) is 7.91. The summed E-state index contributed by atoms with van der Waals surface area (Å²) < 4.78 is 5.55. The minimum Gasteiger partial charge on any atom is -0.378 e. The Kier molecular flexibility index (Phi) is 5.58. The van der Waals surface area contributed by atoms with Gasteiger partial charge in [0.1, 0.15) is 5.82 Å². The molecule has 0 saturated carbocycles. The van der Waals surface area contributed by atoms with E-state index in [4.69, 9.17) is 20.4 Å². The van der Waals surface area contributed by atoms with Crippen LogP contribution in [0.5, 0.6) is 0 Å². The van der Waals surface area contributed by atoms with Crippen LogP contribution < -0.4 is 16.0 Å². The number of hydrogen-bond donors (Lipinski definition) is 2. The summed E-state index contributed by atoms with van der Waals surface area (Å²) in [6.07, 6.45) is 1.80. The highest BCUT2D eigenvalue weighted by Crippen LogP contribution is 2.32. The average molecular weight is 441 g/mol. The summed E-state index contributed by atoms with van der Waals surface area (Å²) in [5, 5.41) is 3.58. The molecule has 3 N–H and O–H groups in total. The van der Waals surface area contributed by atoms with Gasteiger partial charge >= 0.3 is 6.03 Å². The van der Waals surface area contributed by atoms with Crippen molar-refractivity contribution in [1.82, 2.24) is 15.0 Å². The molecule has 2 amide bonds. The Bertz CT molecular complexity index is 1320. The lowest BCUT2D eigenvalue weighted by atomic mass is 10.0. The number of nitrogens with one attached hydrogen (secondary N) is 1. The molecular weight excluding hydrogens is 416 g/mol. The van der Waals surface area contributed by atoms with Crippen LogP contribution in [-0.2, 0) is 4.74 Å². The number of morpholine rings is 1. The summed E-state index contributed by atoms with van der Waals surface area (Å²) in [5.41, 5.74) is 10.7. The molecule has 1 saturated heterocycles. The summed E-state index contributed by atoms with van der Waals surface area (Å²) in [4.78, 5) is 27.6. The fraction of sp³-hybridized carbons (Fsp3) is 0.200. The number of hydrogen-bond acceptors (Lipinski definition) is 6. The number of aryl methyl sites for hydroxylation is 1. The first-order valence-electron chi connectivity index (χ1n) is 10.8. The molecule has 1 aliphatic heterocycles. The molecule has 8 heteroatoms. The smallest absolute Gasteiger partial charge is 0.316 e. The van der Waals surface area contributed by atoms with Crippen molar-refractivity contribution in [1.29, 1.82) is 0 Å². The van der Waals surface area contributed by atoms with Crippen molar-refractivity contribution in [2.75, 3.05) is 36.5 Å². The van der Waals surface area contributed by atoms with Crippen molar-refractivity contribution in [2.45, 2.75) is 6.92 Å². The van der Waals surface area contributed by atoms with Crippen LogP contribution in [0.1, 0.15) is 5.69 Å². The van der Waals surface area contributed by atoms with Crippen LogP contribution >= 0.6 is 0 Å². The van der Waals surface area contributed by atoms with E-state index in [0.717, 1.165) is 52.2 Å². The number of carbonyl (C=O) groups excluding carboxylic acids is 1. The monoisotopic (exact) mass is 440 g/mol. The van der Waals surface area contributed by atoms with Crippen molar-refractivity contribution in [3.63, 3.8) is 0 Å². The van der Waals surface area contributed by atoms with Crippen LogP contribution in [0.4, 0.5) is 16.3 Å². The number of pyridine rings is 1. The zero-order valence-corrected chi connectivity index (χ0v) is 18.3. The number of carbonyl (C=O) groups is 1. The lowest BCUT2D eigenvalue weighted by molar-refractivity contribution is 0.122. The molecule has 4 aromatic rings. The minimum absolute atomic E-state index is 0.600. The normalized spacial score (nSPS) is 13.8. The van der Waals surface area contributed by atoms with Crippen LogP contribution in [-0.4, -0.2) is 47.3 Å². The number of nitrogens with two attached hydrogens (primary N) is 1. The highest BCUT2D eigenvalue weighted by atomic mass is 16.5. The van der Waals surface area contributed by atoms with E-state index in [2.05, 4.69) is 39.5 Å². The molecule has 2 aromatic heterocycles. The van der Waals surface area contributed by atoms with Crippen LogP contribution in [0.15, 0.2) is 60.8 Å². The summed E-state index contributed by atoms with van der Waals surface area (Å²) >= 11 is 0. The quantitative estimate of drug-likeness (QED) is 0.497. The van der Waals surface area contributed by atoms with E-state index in [1.165, 1.54) is 0 Å². The fourth-order valence-corrected chi connectivity index (χ4v) is 4.06. The van der Waals surface area contributed by atoms with E-state index < -0.39 is 6.03 Å². The maximum absolute atomic E-state index is 11.1. The van der Waals surface area contributed by atoms with Crippen molar-refractivity contribution in [3.8, 4) is 22.5 Å². The molecule has 0 radical (unpaired) electrons. The van der Waals surface area contributed by atoms with E-state index in [0.29, 0.717) is 24.7 Å². The summed E-state index contributed by atoms with van der Waals surface area (Å²) in [5.74, 6) is 1.52. The van der Waals surface area contributed by atoms with Gasteiger partial charge in [-0.25, -0.2) is 14.8 Å². The molecule has 1 fully saturated rings. The van der Waals surface area contributed by atoms with Crippen molar-refractivity contribution in [3.05, 3.63) is 66.5 Å². The van der Waals surface area contributed by atoms with E-state index in [1.807, 2.05) is 25.1 Å². The molecule has 1 aliphatic rings. The number of anilines is 2. The zero-order chi connectivity index (χ0) is 22.8. The van der Waals surface area contributed by atoms with Crippen molar-refractivity contribution in [2.24, 2.45) is 5.73 Å². The molecule has 3 heterocycles. The molecule has 33 heavy (non-hydrogen) atoms. The van der Waals surface area contributed by atoms with Gasteiger partial charge in [-0.3, -0.25) is 4.98 Å². The standard InChI is InChI=1S/C25H24N6O2/c1-16-20(3-2-10-27-16)18-6-9-21-22(15-18)29-23(30-24(21)31-11-13-33-14-12-31)17-4-7-19(8-5-17)28-25(26)32/h2-10,15H,11-14H2,1H3,(H3,26,28,32). The van der Waals surface area contributed by atoms with Gasteiger partial charge in [0, 0.05) is 47.2 Å². The SMILES string of the molecule is Cc1ncccc1-c1ccc2c(N3CCOCC3)nc(-c3ccc(NC(N)=O)cc3)nc2c1. The Balaban J connectivity index is 1.63. The third-order valence-electron chi connectivity index (χ3n) is 5.72. The fourth-order valence-electron chi connectivity index (χ4n) is 4.06. The van der Waals surface area contributed by atoms with Gasteiger partial charge in [0.25, 0.3) is 0 Å². The Morgan fingerprint density at radius 1 is 1.03 bits per heavy atom. The number of amides is 2. The van der Waals surface area contributed by atoms with Crippen LogP contribution in [0.25, 0.3) is 33.4 Å². The van der Waals surface area contributed by atoms with E-state index in [9.17, 15) is 4.79 Å². The largest absolute Gasteiger partial charge is 0.378 e. The molecule has 0 spiro atoms. The number of aromatic nitrogens is 3. The third kappa shape index (κ3) is 4.33. The number of urea groups is 1. The van der Waals surface area contributed by atoms with Crippen LogP contribution in [0.2, 0.25) is 0 Å². The van der Waals surface area contributed by atoms with Gasteiger partial charge in [-0.15, -0.1) is 0 Å². The van der Waals surface area contributed by atoms with Gasteiger partial charge in [0.15, 0.2) is 5.82 Å². The number of benzene rings is 2. The molecule has 0 bridgehead atoms. The Hall–Kier alpha value is -4.04. The molecule has 2 aromatic carbocycles. The first-order valence-corrected chi connectivity index (χ1v) is 10.8. The highest BCUT2D eigenvalue weighted by Gasteiger charge is 2.19. The zero-order valence-electron chi connectivity index (χ0n) is 18.3. The number of rotatable bonds is 4. The topological polar surface area (TPSA) is 106 Å². The number of nitrogens with zero attached hydrogens (tertiary/aromatic N) is 4. The molecular formula is C25H24N6O2. The second-order valence-corrected chi connectivity index (χ2v) is 7.91. The Labute approximate surface area is 191 Å². The molecule has 166 valence electrons. The first kappa shape index (κ1) is 20.8. The van der Waals surface area contributed by atoms with Gasteiger partial charge in [-0.2, -0.15) is 0 Å². The van der Waals surface area contributed by atoms with Crippen molar-refractivity contribution < 1.29 is 9.53 Å². The number of fused-ring (bicyclic) bond motifs is 1. The summed E-state index contributed by atoms with van der Waals surface area (Å²) in [6.45, 7) is 4.89. The van der Waals surface area contributed by atoms with Gasteiger partial charge in [0.05, 0.1) is 18.7 Å². The predicted molar refractivity (Wildman–Crippen MR) is 129 cm³/mol. The predicted octanol–water partition coefficient (Wildman–Crippen LogP) is 3.99. The molecule has 8 nitrogen and oxygen atoms in total. The second kappa shape index (κ2) is 8.84. The maximum atomic E-state index is 11.1. The third-order valence-corrected chi connectivity index (χ3v) is 5.72. The van der Waals surface area contributed by atoms with Crippen molar-refractivity contribution >= 4 is 28.4 Å². The highest BCUT2D eigenvalue weighted by molar-refractivity contribution is 5.94. The van der Waals surface area contributed by atoms with Gasteiger partial charge in [0.2, 0.25) is 0 Å². The van der Waals surface area contributed by atoms with Gasteiger partial charge in [-0.1, -0.05) is 12.1 Å². The molecule has 5 rings (SSSR count). The van der Waals surface area contributed by atoms with Gasteiger partial charge in [-0.05, 0) is 55.0 Å². The lowest BCUT2D eigenvalue weighted by Crippen LogP contribution is -2.37. The number of primary amides is 1. The van der Waals surface area contributed by atoms with E-state index in [1.54, 1.807) is 18.3 Å². The maximum Gasteiger partial charge on any atom is 0.316 e. The number of ether oxygens (including phenoxy) is 1. The summed E-state index contributed by atoms with van der Waals surface area (Å²) in [7, 11) is 0. The molecule has 0 atom stereocenters. The lowest BCUT2D eigenvalue weighted by Gasteiger charge is -2.29. The van der Waals surface area contributed by atoms with Crippen LogP contribution in [0, 0.1) is 6.92 Å². The Morgan fingerprint density at radius 3 is 2.52 bits per heavy atom. The average Bonchev–Trinajstić information content (AvgIpc) is 2.84. The van der Waals surface area contributed by atoms with E-state index in [-0.39, 0.29) is 0 Å². The van der Waals surface area contributed by atoms with E-state index >= 15 is 0 Å². The minimum atomic E-state index is -0.600. The van der Waals surface area contributed by atoms with Crippen LogP contribution in [0.3, 0.4) is 0 Å². The Morgan fingerprint density at radius 2 is 1.79 bits per heavy atom. The summed E-state index contributed by atoms with van der Waals surface area (Å²) in [6, 6.07) is 17.0. The molecule has 0 unspecified atom stereocenters. The first-order chi connectivity index (χ1) is 16.1.